The summed E-state index contributed by atoms with van der Waals surface area (Å²) in [6.45, 7) is 18.7. The van der Waals surface area contributed by atoms with Gasteiger partial charge in [-0.1, -0.05) is 59.7 Å². The van der Waals surface area contributed by atoms with E-state index in [1.54, 1.807) is 0 Å². The third-order valence-electron chi connectivity index (χ3n) is 8.64. The molecule has 0 amide bonds. The van der Waals surface area contributed by atoms with Gasteiger partial charge in [-0.3, -0.25) is 0 Å². The van der Waals surface area contributed by atoms with Gasteiger partial charge in [0.15, 0.2) is 0 Å². The largest absolute Gasteiger partial charge is 0.353 e. The average Bonchev–Trinajstić information content (AvgIpc) is 3.28. The van der Waals surface area contributed by atoms with E-state index >= 15 is 0 Å². The highest BCUT2D eigenvalue weighted by Crippen LogP contribution is 2.68. The first-order valence-corrected chi connectivity index (χ1v) is 11.1. The number of anilines is 1. The molecule has 2 aromatic heterocycles. The van der Waals surface area contributed by atoms with Crippen molar-refractivity contribution in [3.63, 3.8) is 0 Å². The lowest BCUT2D eigenvalue weighted by molar-refractivity contribution is 0.0660. The van der Waals surface area contributed by atoms with Crippen molar-refractivity contribution in [2.24, 2.45) is 19.5 Å². The van der Waals surface area contributed by atoms with Gasteiger partial charge in [-0.2, -0.15) is 0 Å². The number of hydrogen-bond acceptors (Lipinski definition) is 1. The Morgan fingerprint density at radius 2 is 1.52 bits per heavy atom. The minimum absolute atomic E-state index is 0.0480. The molecular formula is C26H37N3. The molecule has 3 heteroatoms. The second-order valence-corrected chi connectivity index (χ2v) is 9.87. The van der Waals surface area contributed by atoms with Crippen molar-refractivity contribution >= 4 is 16.7 Å². The molecule has 29 heavy (non-hydrogen) atoms. The van der Waals surface area contributed by atoms with Gasteiger partial charge in [-0.05, 0) is 37.0 Å². The van der Waals surface area contributed by atoms with Crippen molar-refractivity contribution in [3.05, 3.63) is 53.3 Å². The molecule has 0 fully saturated rings. The third-order valence-corrected chi connectivity index (χ3v) is 8.64. The molecule has 5 rings (SSSR count). The molecule has 0 saturated heterocycles. The highest BCUT2D eigenvalue weighted by atomic mass is 15.3. The molecule has 0 spiro atoms. The molecule has 3 nitrogen and oxygen atoms in total. The molecule has 0 bridgehead atoms. The van der Waals surface area contributed by atoms with Crippen LogP contribution in [0.4, 0.5) is 5.69 Å². The van der Waals surface area contributed by atoms with Crippen molar-refractivity contribution in [2.45, 2.75) is 72.4 Å². The Labute approximate surface area is 176 Å². The zero-order valence-corrected chi connectivity index (χ0v) is 19.9. The molecule has 0 N–H and O–H groups in total. The van der Waals surface area contributed by atoms with E-state index in [4.69, 9.17) is 0 Å². The van der Waals surface area contributed by atoms with Crippen LogP contribution in [0.2, 0.25) is 0 Å². The fourth-order valence-electron chi connectivity index (χ4n) is 6.33. The van der Waals surface area contributed by atoms with Crippen molar-refractivity contribution in [3.8, 4) is 0 Å². The highest BCUT2D eigenvalue weighted by Gasteiger charge is 2.65. The van der Waals surface area contributed by atoms with Gasteiger partial charge in [0.25, 0.3) is 0 Å². The second kappa shape index (κ2) is 5.93. The molecule has 0 saturated carbocycles. The van der Waals surface area contributed by atoms with Gasteiger partial charge in [0.1, 0.15) is 0 Å². The van der Waals surface area contributed by atoms with Crippen molar-refractivity contribution in [2.75, 3.05) is 4.90 Å². The highest BCUT2D eigenvalue weighted by molar-refractivity contribution is 5.88. The summed E-state index contributed by atoms with van der Waals surface area (Å²) in [5.41, 5.74) is 8.63. The average molecular weight is 392 g/mol. The molecule has 0 radical (unpaired) electrons. The quantitative estimate of drug-likeness (QED) is 0.418. The van der Waals surface area contributed by atoms with E-state index in [1.165, 1.54) is 33.5 Å². The Morgan fingerprint density at radius 3 is 2.17 bits per heavy atom. The van der Waals surface area contributed by atoms with E-state index < -0.39 is 0 Å². The predicted molar refractivity (Wildman–Crippen MR) is 125 cm³/mol. The summed E-state index contributed by atoms with van der Waals surface area (Å²) in [7, 11) is 4.43. The van der Waals surface area contributed by atoms with Gasteiger partial charge in [0, 0.05) is 42.7 Å². The van der Waals surface area contributed by atoms with Crippen molar-refractivity contribution in [1.29, 1.82) is 0 Å². The zero-order chi connectivity index (χ0) is 21.5. The molecule has 2 aliphatic rings. The Morgan fingerprint density at radius 1 is 0.897 bits per heavy atom. The maximum Gasteiger partial charge on any atom is 0.0731 e. The number of para-hydroxylation sites is 1. The van der Waals surface area contributed by atoms with Crippen LogP contribution >= 0.6 is 0 Å². The van der Waals surface area contributed by atoms with Gasteiger partial charge in [0.2, 0.25) is 0 Å². The van der Waals surface area contributed by atoms with Crippen molar-refractivity contribution in [1.82, 2.24) is 9.13 Å². The lowest BCUT2D eigenvalue weighted by atomic mass is 9.51. The van der Waals surface area contributed by atoms with Gasteiger partial charge in [-0.15, -0.1) is 0 Å². The third kappa shape index (κ3) is 1.99. The zero-order valence-electron chi connectivity index (χ0n) is 19.9. The van der Waals surface area contributed by atoms with Crippen LogP contribution in [0.3, 0.4) is 0 Å². The molecule has 2 aliphatic heterocycles. The van der Waals surface area contributed by atoms with Crippen LogP contribution in [0, 0.1) is 5.41 Å². The van der Waals surface area contributed by atoms with E-state index in [1.807, 2.05) is 13.8 Å². The van der Waals surface area contributed by atoms with Gasteiger partial charge < -0.3 is 14.0 Å². The monoisotopic (exact) mass is 391 g/mol. The first kappa shape index (κ1) is 20.1. The summed E-state index contributed by atoms with van der Waals surface area (Å²) in [4.78, 5) is 2.71. The standard InChI is InChI=1S/C24H31N3.C2H6/c1-15-20-19(21-18(26(20)8)13-14-25(21)7)24(6)23(4,5)22(2,3)16-11-9-10-12-17(16)27(15)24;1-2/h9-15H,1-8H3;1-2H3. The smallest absolute Gasteiger partial charge is 0.0731 e. The number of aromatic nitrogens is 2. The minimum Gasteiger partial charge on any atom is -0.353 e. The predicted octanol–water partition coefficient (Wildman–Crippen LogP) is 6.66. The minimum atomic E-state index is -0.0781. The molecule has 0 aliphatic carbocycles. The lowest BCUT2D eigenvalue weighted by Gasteiger charge is -2.62. The Bertz CT molecular complexity index is 1090. The van der Waals surface area contributed by atoms with Crippen LogP contribution in [0.25, 0.3) is 11.0 Å². The van der Waals surface area contributed by atoms with Gasteiger partial charge in [0.05, 0.1) is 22.6 Å². The topological polar surface area (TPSA) is 13.1 Å². The molecule has 156 valence electrons. The van der Waals surface area contributed by atoms with E-state index in [9.17, 15) is 0 Å². The molecule has 3 aromatic rings. The fourth-order valence-corrected chi connectivity index (χ4v) is 6.33. The maximum absolute atomic E-state index is 2.71. The fraction of sp³-hybridized carbons (Fsp3) is 0.538. The Hall–Kier alpha value is -2.16. The van der Waals surface area contributed by atoms with Gasteiger partial charge >= 0.3 is 0 Å². The van der Waals surface area contributed by atoms with E-state index in [-0.39, 0.29) is 16.4 Å². The molecular weight excluding hydrogens is 354 g/mol. The molecule has 2 atom stereocenters. The first-order chi connectivity index (χ1) is 13.6. The summed E-state index contributed by atoms with van der Waals surface area (Å²) < 4.78 is 4.75. The Balaban J connectivity index is 0.000000994. The molecule has 4 heterocycles. The van der Waals surface area contributed by atoms with Crippen LogP contribution < -0.4 is 4.90 Å². The summed E-state index contributed by atoms with van der Waals surface area (Å²) in [5.74, 6) is 0. The van der Waals surface area contributed by atoms with Crippen LogP contribution in [0.1, 0.15) is 78.3 Å². The summed E-state index contributed by atoms with van der Waals surface area (Å²) >= 11 is 0. The molecule has 2 unspecified atom stereocenters. The number of hydrogen-bond donors (Lipinski definition) is 0. The number of nitrogens with zero attached hydrogens (tertiary/aromatic N) is 3. The number of rotatable bonds is 0. The van der Waals surface area contributed by atoms with Gasteiger partial charge in [-0.25, -0.2) is 0 Å². The lowest BCUT2D eigenvalue weighted by Crippen LogP contribution is -2.61. The SMILES string of the molecule is CC.CC1c2c(c3c(ccn3C)n2C)C2(C)N1c1ccccc1C(C)(C)C2(C)C. The van der Waals surface area contributed by atoms with Crippen molar-refractivity contribution < 1.29 is 0 Å². The maximum atomic E-state index is 2.71. The number of fused-ring (bicyclic) bond motifs is 7. The first-order valence-electron chi connectivity index (χ1n) is 11.1. The van der Waals surface area contributed by atoms with E-state index in [0.717, 1.165) is 0 Å². The van der Waals surface area contributed by atoms with Crippen LogP contribution in [0.15, 0.2) is 36.5 Å². The van der Waals surface area contributed by atoms with Crippen LogP contribution in [0.5, 0.6) is 0 Å². The van der Waals surface area contributed by atoms with E-state index in [0.29, 0.717) is 6.04 Å². The van der Waals surface area contributed by atoms with E-state index in [2.05, 4.69) is 106 Å². The van der Waals surface area contributed by atoms with Crippen LogP contribution in [-0.2, 0) is 25.0 Å². The summed E-state index contributed by atoms with van der Waals surface area (Å²) in [6, 6.07) is 11.7. The second-order valence-electron chi connectivity index (χ2n) is 9.87. The summed E-state index contributed by atoms with van der Waals surface area (Å²) in [6.07, 6.45) is 2.20. The molecule has 1 aromatic carbocycles. The Kier molecular flexibility index (Phi) is 4.12. The number of aryl methyl sites for hydroxylation is 2. The summed E-state index contributed by atoms with van der Waals surface area (Å²) in [5, 5.41) is 0. The number of benzene rings is 1. The van der Waals surface area contributed by atoms with Crippen LogP contribution in [-0.4, -0.2) is 9.13 Å². The normalized spacial score (nSPS) is 25.9.